The number of carbonyl (C=O) groups is 1. The molecule has 7 nitrogen and oxygen atoms in total. The molecule has 2 aromatic rings. The lowest BCUT2D eigenvalue weighted by molar-refractivity contribution is 0.0189. The van der Waals surface area contributed by atoms with Crippen LogP contribution in [0.2, 0.25) is 0 Å². The molecule has 0 spiro atoms. The van der Waals surface area contributed by atoms with E-state index < -0.39 is 17.5 Å². The van der Waals surface area contributed by atoms with Crippen LogP contribution in [0, 0.1) is 5.82 Å². The molecule has 144 valence electrons. The Morgan fingerprint density at radius 2 is 1.96 bits per heavy atom. The quantitative estimate of drug-likeness (QED) is 0.740. The molecule has 1 aliphatic heterocycles. The van der Waals surface area contributed by atoms with E-state index in [1.807, 2.05) is 6.92 Å². The zero-order valence-electron chi connectivity index (χ0n) is 15.0. The summed E-state index contributed by atoms with van der Waals surface area (Å²) in [6.45, 7) is 4.74. The molecule has 1 aromatic carbocycles. The van der Waals surface area contributed by atoms with Crippen molar-refractivity contribution in [1.29, 1.82) is 0 Å². The maximum Gasteiger partial charge on any atom is 0.255 e. The molecule has 1 fully saturated rings. The Hall–Kier alpha value is -2.71. The Kier molecular flexibility index (Phi) is 5.88. The number of halogens is 1. The van der Waals surface area contributed by atoms with Crippen LogP contribution in [0.1, 0.15) is 34.6 Å². The van der Waals surface area contributed by atoms with E-state index in [4.69, 9.17) is 4.74 Å². The zero-order valence-corrected chi connectivity index (χ0v) is 15.0. The average molecular weight is 375 g/mol. The number of pyridine rings is 1. The number of aromatic nitrogens is 1. The highest BCUT2D eigenvalue weighted by Crippen LogP contribution is 2.31. The van der Waals surface area contributed by atoms with Gasteiger partial charge in [-0.15, -0.1) is 0 Å². The first kappa shape index (κ1) is 19.1. The number of hydrogen-bond acceptors (Lipinski definition) is 6. The molecule has 8 heteroatoms. The minimum Gasteiger partial charge on any atom is -0.503 e. The Morgan fingerprint density at radius 3 is 2.63 bits per heavy atom. The third-order valence-corrected chi connectivity index (χ3v) is 4.63. The summed E-state index contributed by atoms with van der Waals surface area (Å²) in [5.74, 6) is -2.06. The molecule has 2 heterocycles. The van der Waals surface area contributed by atoms with Crippen LogP contribution in [-0.2, 0) is 11.3 Å². The second-order valence-electron chi connectivity index (χ2n) is 6.40. The van der Waals surface area contributed by atoms with Gasteiger partial charge in [-0.1, -0.05) is 12.1 Å². The summed E-state index contributed by atoms with van der Waals surface area (Å²) >= 11 is 0. The van der Waals surface area contributed by atoms with E-state index in [-0.39, 0.29) is 24.0 Å². The van der Waals surface area contributed by atoms with Crippen molar-refractivity contribution in [3.8, 4) is 11.6 Å². The van der Waals surface area contributed by atoms with Crippen molar-refractivity contribution in [1.82, 2.24) is 15.2 Å². The minimum atomic E-state index is -0.584. The van der Waals surface area contributed by atoms with Gasteiger partial charge in [-0.25, -0.2) is 9.37 Å². The van der Waals surface area contributed by atoms with Gasteiger partial charge in [-0.2, -0.15) is 0 Å². The van der Waals surface area contributed by atoms with Gasteiger partial charge in [0.25, 0.3) is 11.8 Å². The number of aromatic hydroxyl groups is 2. The van der Waals surface area contributed by atoms with E-state index >= 15 is 0 Å². The molecule has 0 radical (unpaired) electrons. The van der Waals surface area contributed by atoms with Gasteiger partial charge in [-0.05, 0) is 30.7 Å². The predicted molar refractivity (Wildman–Crippen MR) is 95.9 cm³/mol. The SMILES string of the molecule is CC(c1cc(C(=O)NCc2ccc(F)cc2)c(O)c(O)n1)N1CCOCC1. The summed E-state index contributed by atoms with van der Waals surface area (Å²) in [5.41, 5.74) is 1.14. The van der Waals surface area contributed by atoms with Crippen LogP contribution in [0.25, 0.3) is 0 Å². The zero-order chi connectivity index (χ0) is 19.4. The standard InChI is InChI=1S/C19H22FN3O4/c1-12(23-6-8-27-9-7-23)16-10-15(17(24)19(26)22-16)18(25)21-11-13-2-4-14(20)5-3-13/h2-5,10,12,24H,6-9,11H2,1H3,(H,21,25)(H,22,26). The van der Waals surface area contributed by atoms with Crippen LogP contribution in [0.3, 0.4) is 0 Å². The average Bonchev–Trinajstić information content (AvgIpc) is 2.69. The van der Waals surface area contributed by atoms with Gasteiger partial charge in [0.2, 0.25) is 0 Å². The summed E-state index contributed by atoms with van der Waals surface area (Å²) in [6.07, 6.45) is 0. The van der Waals surface area contributed by atoms with Crippen LogP contribution < -0.4 is 5.32 Å². The van der Waals surface area contributed by atoms with Crippen molar-refractivity contribution < 1.29 is 24.1 Å². The number of amides is 1. The Balaban J connectivity index is 1.76. The van der Waals surface area contributed by atoms with Crippen LogP contribution >= 0.6 is 0 Å². The first-order chi connectivity index (χ1) is 13.0. The van der Waals surface area contributed by atoms with Crippen LogP contribution in [0.15, 0.2) is 30.3 Å². The van der Waals surface area contributed by atoms with Gasteiger partial charge < -0.3 is 20.3 Å². The van der Waals surface area contributed by atoms with Gasteiger partial charge >= 0.3 is 0 Å². The summed E-state index contributed by atoms with van der Waals surface area (Å²) in [5, 5.41) is 22.7. The van der Waals surface area contributed by atoms with Crippen LogP contribution in [0.5, 0.6) is 11.6 Å². The molecule has 1 amide bonds. The van der Waals surface area contributed by atoms with E-state index in [0.717, 1.165) is 13.1 Å². The van der Waals surface area contributed by atoms with Gasteiger partial charge in [0.05, 0.1) is 24.5 Å². The van der Waals surface area contributed by atoms with E-state index in [1.54, 1.807) is 12.1 Å². The molecule has 0 saturated carbocycles. The van der Waals surface area contributed by atoms with E-state index in [1.165, 1.54) is 18.2 Å². The molecule has 1 aliphatic rings. The molecule has 1 unspecified atom stereocenters. The van der Waals surface area contributed by atoms with Crippen molar-refractivity contribution >= 4 is 5.91 Å². The Labute approximate surface area is 156 Å². The number of hydrogen-bond donors (Lipinski definition) is 3. The van der Waals surface area contributed by atoms with Crippen LogP contribution in [-0.4, -0.2) is 52.3 Å². The number of nitrogens with zero attached hydrogens (tertiary/aromatic N) is 2. The second-order valence-corrected chi connectivity index (χ2v) is 6.40. The normalized spacial score (nSPS) is 16.1. The molecule has 3 N–H and O–H groups in total. The summed E-state index contributed by atoms with van der Waals surface area (Å²) in [6, 6.07) is 7.06. The second kappa shape index (κ2) is 8.32. The lowest BCUT2D eigenvalue weighted by atomic mass is 10.1. The van der Waals surface area contributed by atoms with Crippen molar-refractivity contribution in [2.24, 2.45) is 0 Å². The highest BCUT2D eigenvalue weighted by Gasteiger charge is 2.24. The lowest BCUT2D eigenvalue weighted by Crippen LogP contribution is -2.38. The fraction of sp³-hybridized carbons (Fsp3) is 0.368. The molecular weight excluding hydrogens is 353 g/mol. The van der Waals surface area contributed by atoms with Crippen molar-refractivity contribution in [2.75, 3.05) is 26.3 Å². The molecule has 0 aliphatic carbocycles. The number of benzene rings is 1. The fourth-order valence-corrected chi connectivity index (χ4v) is 2.96. The number of morpholine rings is 1. The molecule has 0 bridgehead atoms. The summed E-state index contributed by atoms with van der Waals surface area (Å²) in [7, 11) is 0. The first-order valence-electron chi connectivity index (χ1n) is 8.73. The third kappa shape index (κ3) is 4.53. The minimum absolute atomic E-state index is 0.0558. The molecule has 3 rings (SSSR count). The lowest BCUT2D eigenvalue weighted by Gasteiger charge is -2.32. The molecule has 1 aromatic heterocycles. The predicted octanol–water partition coefficient (Wildman–Crippen LogP) is 1.96. The topological polar surface area (TPSA) is 94.9 Å². The molecule has 27 heavy (non-hydrogen) atoms. The Morgan fingerprint density at radius 1 is 1.30 bits per heavy atom. The third-order valence-electron chi connectivity index (χ3n) is 4.63. The van der Waals surface area contributed by atoms with E-state index in [2.05, 4.69) is 15.2 Å². The van der Waals surface area contributed by atoms with Gasteiger partial charge in [0, 0.05) is 25.7 Å². The summed E-state index contributed by atoms with van der Waals surface area (Å²) in [4.78, 5) is 18.6. The number of nitrogens with one attached hydrogen (secondary N) is 1. The first-order valence-corrected chi connectivity index (χ1v) is 8.73. The summed E-state index contributed by atoms with van der Waals surface area (Å²) < 4.78 is 18.3. The number of rotatable bonds is 5. The van der Waals surface area contributed by atoms with Gasteiger partial charge in [0.15, 0.2) is 5.75 Å². The van der Waals surface area contributed by atoms with Crippen molar-refractivity contribution in [3.63, 3.8) is 0 Å². The number of carbonyl (C=O) groups excluding carboxylic acids is 1. The van der Waals surface area contributed by atoms with Crippen molar-refractivity contribution in [2.45, 2.75) is 19.5 Å². The highest BCUT2D eigenvalue weighted by molar-refractivity contribution is 5.97. The highest BCUT2D eigenvalue weighted by atomic mass is 19.1. The fourth-order valence-electron chi connectivity index (χ4n) is 2.96. The van der Waals surface area contributed by atoms with E-state index in [0.29, 0.717) is 24.5 Å². The van der Waals surface area contributed by atoms with Crippen LogP contribution in [0.4, 0.5) is 4.39 Å². The molecule has 1 saturated heterocycles. The van der Waals surface area contributed by atoms with E-state index in [9.17, 15) is 19.4 Å². The molecule has 1 atom stereocenters. The van der Waals surface area contributed by atoms with Crippen molar-refractivity contribution in [3.05, 3.63) is 53.0 Å². The maximum absolute atomic E-state index is 13.0. The smallest absolute Gasteiger partial charge is 0.255 e. The number of ether oxygens (including phenoxy) is 1. The Bertz CT molecular complexity index is 807. The largest absolute Gasteiger partial charge is 0.503 e. The van der Waals surface area contributed by atoms with Gasteiger partial charge in [-0.3, -0.25) is 9.69 Å². The maximum atomic E-state index is 13.0. The monoisotopic (exact) mass is 375 g/mol. The molecular formula is C19H22FN3O4. The van der Waals surface area contributed by atoms with Gasteiger partial charge in [0.1, 0.15) is 5.82 Å².